The molecule has 1 saturated heterocycles. The van der Waals surface area contributed by atoms with Crippen LogP contribution in [-0.2, 0) is 35.5 Å². The van der Waals surface area contributed by atoms with E-state index < -0.39 is 56.1 Å². The van der Waals surface area contributed by atoms with Gasteiger partial charge in [0.05, 0.1) is 57.7 Å². The summed E-state index contributed by atoms with van der Waals surface area (Å²) in [7, 11) is 1.48. The molecule has 5 rings (SSSR count). The maximum absolute atomic E-state index is 13.3. The van der Waals surface area contributed by atoms with Gasteiger partial charge < -0.3 is 33.7 Å². The molecule has 1 unspecified atom stereocenters. The van der Waals surface area contributed by atoms with E-state index in [1.807, 2.05) is 107 Å². The summed E-state index contributed by atoms with van der Waals surface area (Å²) in [6.45, 7) is 7.86. The number of nitrogens with one attached hydrogen (secondary N) is 1. The number of benzene rings is 3. The van der Waals surface area contributed by atoms with Crippen molar-refractivity contribution in [2.75, 3.05) is 27.4 Å². The third kappa shape index (κ3) is 9.73. The molecule has 1 fully saturated rings. The van der Waals surface area contributed by atoms with E-state index in [1.165, 1.54) is 6.20 Å². The lowest BCUT2D eigenvalue weighted by atomic mass is 9.80. The van der Waals surface area contributed by atoms with Crippen molar-refractivity contribution < 1.29 is 32.8 Å². The summed E-state index contributed by atoms with van der Waals surface area (Å²) in [5.41, 5.74) is 5.38. The smallest absolute Gasteiger partial charge is 0.328 e. The number of nitriles is 1. The lowest BCUT2D eigenvalue weighted by molar-refractivity contribution is -0.118. The molecule has 298 valence electrons. The second kappa shape index (κ2) is 19.3. The van der Waals surface area contributed by atoms with Crippen molar-refractivity contribution in [3.8, 4) is 17.6 Å². The summed E-state index contributed by atoms with van der Waals surface area (Å²) in [6.07, 6.45) is -0.679. The van der Waals surface area contributed by atoms with Gasteiger partial charge in [0, 0.05) is 24.7 Å². The molecule has 3 aromatic carbocycles. The van der Waals surface area contributed by atoms with Crippen molar-refractivity contribution >= 4 is 14.4 Å². The molecule has 56 heavy (non-hydrogen) atoms. The zero-order valence-corrected chi connectivity index (χ0v) is 33.4. The number of amides is 1. The van der Waals surface area contributed by atoms with Crippen LogP contribution in [0.3, 0.4) is 0 Å². The third-order valence-electron chi connectivity index (χ3n) is 9.44. The first-order valence-electron chi connectivity index (χ1n) is 18.4. The minimum absolute atomic E-state index is 0.0205. The Balaban J connectivity index is 1.62. The number of aromatic amines is 1. The van der Waals surface area contributed by atoms with Crippen molar-refractivity contribution in [1.82, 2.24) is 14.2 Å². The van der Waals surface area contributed by atoms with Crippen molar-refractivity contribution in [2.24, 2.45) is 5.73 Å². The largest absolute Gasteiger partial charge is 0.497 e. The number of ether oxygens (including phenoxy) is 4. The minimum atomic E-state index is -1.74. The number of hydrogen-bond donors (Lipinski definition) is 2. The Kier molecular flexibility index (Phi) is 14.6. The molecule has 0 saturated carbocycles. The Labute approximate surface area is 328 Å². The fourth-order valence-electron chi connectivity index (χ4n) is 6.91. The third-order valence-corrected chi connectivity index (χ3v) is 11.6. The van der Waals surface area contributed by atoms with Crippen molar-refractivity contribution in [2.45, 2.75) is 83.1 Å². The zero-order chi connectivity index (χ0) is 40.4. The number of aromatic nitrogens is 2. The van der Waals surface area contributed by atoms with Crippen LogP contribution in [0.15, 0.2) is 94.6 Å². The fourth-order valence-corrected chi connectivity index (χ4v) is 8.67. The van der Waals surface area contributed by atoms with Crippen molar-refractivity contribution in [3.05, 3.63) is 128 Å². The van der Waals surface area contributed by atoms with Crippen LogP contribution in [0.2, 0.25) is 0 Å². The predicted octanol–water partition coefficient (Wildman–Crippen LogP) is 5.54. The van der Waals surface area contributed by atoms with E-state index >= 15 is 0 Å². The molecule has 1 aliphatic heterocycles. The average Bonchev–Trinajstić information content (AvgIpc) is 3.58. The number of methoxy groups -OCH3 is 2. The highest BCUT2D eigenvalue weighted by Gasteiger charge is 2.45. The molecule has 0 bridgehead atoms. The van der Waals surface area contributed by atoms with Crippen LogP contribution in [0.1, 0.15) is 68.9 Å². The second-order valence-corrected chi connectivity index (χ2v) is 15.2. The van der Waals surface area contributed by atoms with E-state index in [2.05, 4.69) is 15.7 Å². The van der Waals surface area contributed by atoms with Crippen LogP contribution in [0.5, 0.6) is 11.5 Å². The monoisotopic (exact) mass is 787 g/mol. The number of carbonyl (C=O) groups excluding carboxylic acids is 1. The topological polar surface area (TPSA) is 180 Å². The highest BCUT2D eigenvalue weighted by molar-refractivity contribution is 7.44. The predicted molar refractivity (Wildman–Crippen MR) is 211 cm³/mol. The molecule has 15 heteroatoms. The highest BCUT2D eigenvalue weighted by atomic mass is 31.2. The van der Waals surface area contributed by atoms with Gasteiger partial charge in [0.2, 0.25) is 5.91 Å². The van der Waals surface area contributed by atoms with E-state index in [4.69, 9.17) is 33.7 Å². The minimum Gasteiger partial charge on any atom is -0.497 e. The highest BCUT2D eigenvalue weighted by Crippen LogP contribution is 2.51. The normalized spacial score (nSPS) is 17.6. The maximum Gasteiger partial charge on any atom is 0.328 e. The molecule has 1 amide bonds. The molecule has 0 spiro atoms. The van der Waals surface area contributed by atoms with Gasteiger partial charge in [-0.15, -0.1) is 0 Å². The number of hydrogen-bond acceptors (Lipinski definition) is 11. The Morgan fingerprint density at radius 3 is 2.05 bits per heavy atom. The second-order valence-electron chi connectivity index (χ2n) is 13.8. The summed E-state index contributed by atoms with van der Waals surface area (Å²) >= 11 is 0. The first-order valence-corrected chi connectivity index (χ1v) is 19.6. The molecule has 1 aromatic heterocycles. The van der Waals surface area contributed by atoms with Gasteiger partial charge in [-0.3, -0.25) is 19.1 Å². The van der Waals surface area contributed by atoms with Gasteiger partial charge in [-0.05, 0) is 68.7 Å². The zero-order valence-electron chi connectivity index (χ0n) is 32.5. The van der Waals surface area contributed by atoms with Gasteiger partial charge in [-0.2, -0.15) is 5.26 Å². The first-order chi connectivity index (χ1) is 26.9. The van der Waals surface area contributed by atoms with Gasteiger partial charge in [0.25, 0.3) is 14.1 Å². The van der Waals surface area contributed by atoms with Crippen molar-refractivity contribution in [1.29, 1.82) is 5.26 Å². The van der Waals surface area contributed by atoms with Gasteiger partial charge in [-0.25, -0.2) is 9.46 Å². The summed E-state index contributed by atoms with van der Waals surface area (Å²) in [5.74, 6) is 0.601. The van der Waals surface area contributed by atoms with Crippen LogP contribution in [0.25, 0.3) is 0 Å². The lowest BCUT2D eigenvalue weighted by Crippen LogP contribution is -2.39. The van der Waals surface area contributed by atoms with Crippen LogP contribution in [0, 0.1) is 11.3 Å². The average molecular weight is 788 g/mol. The van der Waals surface area contributed by atoms with Crippen LogP contribution >= 0.6 is 8.53 Å². The Morgan fingerprint density at radius 1 is 0.964 bits per heavy atom. The Morgan fingerprint density at radius 2 is 1.54 bits per heavy atom. The standard InChI is InChI=1S/C41H50N5O9P/c1-27(2)46(28(3)4)56(53-22-10-21-42)55-36-23-35(34-24-45(25-38(43)47)40(49)44-39(34)48)54-37(36)26-52-41(29-11-8-7-9-12-29,30-13-17-32(50-5)18-14-30)31-15-19-33(51-6)20-16-31/h7-9,11-20,24,27-28,35-37H,10,22-23,25-26H2,1-6H3,(H2,43,47)(H,44,48,49)/t35-,36+,37-,56?/m1/s1. The molecule has 2 heterocycles. The molecule has 3 N–H and O–H groups in total. The summed E-state index contributed by atoms with van der Waals surface area (Å²) in [4.78, 5) is 40.0. The maximum atomic E-state index is 13.3. The van der Waals surface area contributed by atoms with Crippen molar-refractivity contribution in [3.63, 3.8) is 0 Å². The van der Waals surface area contributed by atoms with Gasteiger partial charge in [-0.1, -0.05) is 54.6 Å². The molecule has 1 aliphatic rings. The van der Waals surface area contributed by atoms with E-state index in [0.29, 0.717) is 11.5 Å². The number of rotatable bonds is 19. The fraction of sp³-hybridized carbons (Fsp3) is 0.415. The number of primary amides is 1. The van der Waals surface area contributed by atoms with E-state index in [1.54, 1.807) is 14.2 Å². The molecule has 4 aromatic rings. The summed E-state index contributed by atoms with van der Waals surface area (Å²) in [6, 6.07) is 27.3. The van der Waals surface area contributed by atoms with Crippen LogP contribution < -0.4 is 26.5 Å². The molecule has 14 nitrogen and oxygen atoms in total. The van der Waals surface area contributed by atoms with Gasteiger partial charge >= 0.3 is 5.69 Å². The van der Waals surface area contributed by atoms with E-state index in [0.717, 1.165) is 21.3 Å². The quantitative estimate of drug-likeness (QED) is 0.0692. The van der Waals surface area contributed by atoms with Crippen LogP contribution in [-0.4, -0.2) is 71.9 Å². The summed E-state index contributed by atoms with van der Waals surface area (Å²) in [5, 5.41) is 9.32. The number of nitrogens with two attached hydrogens (primary N) is 1. The molecular weight excluding hydrogens is 737 g/mol. The van der Waals surface area contributed by atoms with E-state index in [-0.39, 0.29) is 43.7 Å². The molecule has 0 radical (unpaired) electrons. The SMILES string of the molecule is COc1ccc(C(OC[C@H]2O[C@@H](c3cn(CC(N)=O)c(=O)[nH]c3=O)C[C@@H]2OP(OCCC#N)N(C(C)C)C(C)C)(c2ccccc2)c2ccc(OC)cc2)cc1. The molecule has 4 atom stereocenters. The van der Waals surface area contributed by atoms with Gasteiger partial charge in [0.15, 0.2) is 0 Å². The van der Waals surface area contributed by atoms with E-state index in [9.17, 15) is 19.6 Å². The summed E-state index contributed by atoms with van der Waals surface area (Å²) < 4.78 is 41.2. The molecular formula is C41H50N5O9P. The number of H-pyrrole nitrogens is 1. The Bertz CT molecular complexity index is 1990. The lowest BCUT2D eigenvalue weighted by Gasteiger charge is -2.39. The first kappa shape index (κ1) is 42.3. The number of carbonyl (C=O) groups is 1. The Hall–Kier alpha value is -4.87. The van der Waals surface area contributed by atoms with Crippen LogP contribution in [0.4, 0.5) is 0 Å². The van der Waals surface area contributed by atoms with Gasteiger partial charge in [0.1, 0.15) is 29.7 Å². The number of nitrogens with zero attached hydrogens (tertiary/aromatic N) is 3. The molecule has 0 aliphatic carbocycles.